The summed E-state index contributed by atoms with van der Waals surface area (Å²) < 4.78 is 0. The first-order valence-electron chi connectivity index (χ1n) is 6.46. The van der Waals surface area contributed by atoms with Crippen LogP contribution in [0.2, 0.25) is 0 Å². The van der Waals surface area contributed by atoms with Crippen LogP contribution in [0.4, 0.5) is 0 Å². The van der Waals surface area contributed by atoms with E-state index in [1.807, 2.05) is 19.9 Å². The van der Waals surface area contributed by atoms with Crippen molar-refractivity contribution >= 4 is 11.5 Å². The molecule has 1 aliphatic heterocycles. The molecule has 1 heterocycles. The van der Waals surface area contributed by atoms with Gasteiger partial charge in [-0.3, -0.25) is 5.43 Å². The number of rotatable bonds is 4. The lowest BCUT2D eigenvalue weighted by atomic mass is 10.0. The molecule has 0 aromatic heterocycles. The number of aliphatic imine (C=N–C) groups is 1. The highest BCUT2D eigenvalue weighted by Crippen LogP contribution is 2.26. The number of hydrogen-bond donors (Lipinski definition) is 4. The van der Waals surface area contributed by atoms with Gasteiger partial charge < -0.3 is 16.2 Å². The van der Waals surface area contributed by atoms with E-state index in [9.17, 15) is 0 Å². The van der Waals surface area contributed by atoms with Gasteiger partial charge in [0.2, 0.25) is 0 Å². The Balaban J connectivity index is 1.92. The molecule has 5 nitrogen and oxygen atoms in total. The van der Waals surface area contributed by atoms with Gasteiger partial charge in [-0.15, -0.1) is 0 Å². The van der Waals surface area contributed by atoms with Crippen LogP contribution in [0.5, 0.6) is 0 Å². The molecule has 0 bridgehead atoms. The second-order valence-corrected chi connectivity index (χ2v) is 4.89. The minimum absolute atomic E-state index is 0.451. The van der Waals surface area contributed by atoms with Crippen LogP contribution in [0, 0.1) is 11.3 Å². The molecule has 0 aromatic rings. The van der Waals surface area contributed by atoms with Gasteiger partial charge in [-0.25, -0.2) is 4.99 Å². The van der Waals surface area contributed by atoms with E-state index in [1.165, 1.54) is 12.8 Å². The molecule has 0 saturated heterocycles. The zero-order valence-electron chi connectivity index (χ0n) is 11.0. The number of nitrogens with zero attached hydrogens (tertiary/aromatic N) is 1. The lowest BCUT2D eigenvalue weighted by Gasteiger charge is -2.16. The van der Waals surface area contributed by atoms with Gasteiger partial charge >= 0.3 is 0 Å². The Morgan fingerprint density at radius 2 is 2.22 bits per heavy atom. The van der Waals surface area contributed by atoms with Crippen LogP contribution in [-0.2, 0) is 0 Å². The second-order valence-electron chi connectivity index (χ2n) is 4.89. The van der Waals surface area contributed by atoms with E-state index in [0.717, 1.165) is 35.9 Å². The minimum atomic E-state index is 0.451. The summed E-state index contributed by atoms with van der Waals surface area (Å²) in [4.78, 5) is 4.31. The number of nitrogens with one attached hydrogen (secondary N) is 4. The van der Waals surface area contributed by atoms with Crippen molar-refractivity contribution < 1.29 is 0 Å². The first-order chi connectivity index (χ1) is 8.65. The smallest absolute Gasteiger partial charge is 0.150 e. The van der Waals surface area contributed by atoms with E-state index < -0.39 is 0 Å². The van der Waals surface area contributed by atoms with Crippen molar-refractivity contribution in [1.29, 1.82) is 5.41 Å². The van der Waals surface area contributed by atoms with Crippen molar-refractivity contribution in [2.24, 2.45) is 10.9 Å². The maximum atomic E-state index is 8.07. The molecule has 0 unspecified atom stereocenters. The van der Waals surface area contributed by atoms with Gasteiger partial charge in [-0.2, -0.15) is 0 Å². The summed E-state index contributed by atoms with van der Waals surface area (Å²) in [7, 11) is 0. The van der Waals surface area contributed by atoms with Gasteiger partial charge in [0.05, 0.1) is 6.20 Å². The summed E-state index contributed by atoms with van der Waals surface area (Å²) in [5.74, 6) is 2.03. The van der Waals surface area contributed by atoms with Crippen molar-refractivity contribution in [3.05, 3.63) is 23.8 Å². The zero-order chi connectivity index (χ0) is 13.0. The van der Waals surface area contributed by atoms with E-state index in [-0.39, 0.29) is 0 Å². The quantitative estimate of drug-likeness (QED) is 0.574. The molecule has 18 heavy (non-hydrogen) atoms. The molecule has 2 rings (SSSR count). The maximum Gasteiger partial charge on any atom is 0.150 e. The average molecular weight is 247 g/mol. The summed E-state index contributed by atoms with van der Waals surface area (Å²) in [6, 6.07) is 0. The molecular weight excluding hydrogens is 226 g/mol. The third-order valence-electron chi connectivity index (χ3n) is 3.24. The Labute approximate surface area is 108 Å². The fourth-order valence-corrected chi connectivity index (χ4v) is 2.34. The van der Waals surface area contributed by atoms with Crippen molar-refractivity contribution in [3.8, 4) is 0 Å². The van der Waals surface area contributed by atoms with Crippen LogP contribution in [0.1, 0.15) is 39.5 Å². The molecular formula is C13H21N5. The maximum absolute atomic E-state index is 8.07. The van der Waals surface area contributed by atoms with Crippen LogP contribution in [0.3, 0.4) is 0 Å². The van der Waals surface area contributed by atoms with Crippen molar-refractivity contribution in [2.45, 2.75) is 39.5 Å². The van der Waals surface area contributed by atoms with Gasteiger partial charge in [-0.1, -0.05) is 12.8 Å². The van der Waals surface area contributed by atoms with Gasteiger partial charge in [0.15, 0.2) is 0 Å². The van der Waals surface area contributed by atoms with E-state index in [4.69, 9.17) is 5.41 Å². The van der Waals surface area contributed by atoms with Crippen molar-refractivity contribution in [3.63, 3.8) is 0 Å². The Morgan fingerprint density at radius 1 is 1.50 bits per heavy atom. The van der Waals surface area contributed by atoms with Gasteiger partial charge in [0.1, 0.15) is 11.7 Å². The lowest BCUT2D eigenvalue weighted by Crippen LogP contribution is -2.36. The van der Waals surface area contributed by atoms with Crippen LogP contribution >= 0.6 is 0 Å². The van der Waals surface area contributed by atoms with Gasteiger partial charge in [0, 0.05) is 17.3 Å². The molecule has 0 atom stereocenters. The van der Waals surface area contributed by atoms with E-state index in [1.54, 1.807) is 6.20 Å². The Morgan fingerprint density at radius 3 is 2.89 bits per heavy atom. The summed E-state index contributed by atoms with van der Waals surface area (Å²) in [5, 5.41) is 11.3. The fraction of sp³-hybridized carbons (Fsp3) is 0.538. The monoisotopic (exact) mass is 247 g/mol. The van der Waals surface area contributed by atoms with Crippen molar-refractivity contribution in [1.82, 2.24) is 16.2 Å². The molecule has 4 N–H and O–H groups in total. The highest BCUT2D eigenvalue weighted by molar-refractivity contribution is 5.94. The predicted molar refractivity (Wildman–Crippen MR) is 74.0 cm³/mol. The molecule has 2 aliphatic rings. The van der Waals surface area contributed by atoms with E-state index in [0.29, 0.717) is 5.92 Å². The van der Waals surface area contributed by atoms with Crippen molar-refractivity contribution in [2.75, 3.05) is 0 Å². The van der Waals surface area contributed by atoms with Crippen LogP contribution in [-0.4, -0.2) is 11.5 Å². The van der Waals surface area contributed by atoms with Gasteiger partial charge in [0.25, 0.3) is 0 Å². The van der Waals surface area contributed by atoms with E-state index in [2.05, 4.69) is 21.2 Å². The molecule has 0 amide bonds. The third kappa shape index (κ3) is 3.35. The zero-order valence-corrected chi connectivity index (χ0v) is 11.0. The van der Waals surface area contributed by atoms with Crippen LogP contribution in [0.25, 0.3) is 0 Å². The summed E-state index contributed by atoms with van der Waals surface area (Å²) >= 11 is 0. The number of hydrazine groups is 1. The topological polar surface area (TPSA) is 72.3 Å². The standard InChI is InChI=1S/C13H21N5/c1-9(7-12(14)11-5-3-4-6-11)16-13-8-15-18-10(2)17-13/h7-8,11,14-16H,3-6H2,1-2H3,(H,17,18)/b9-7+,14-12?. The van der Waals surface area contributed by atoms with E-state index >= 15 is 0 Å². The predicted octanol–water partition coefficient (Wildman–Crippen LogP) is 2.01. The molecule has 0 spiro atoms. The molecule has 1 saturated carbocycles. The molecule has 98 valence electrons. The molecule has 5 heteroatoms. The number of amidine groups is 1. The third-order valence-corrected chi connectivity index (χ3v) is 3.24. The van der Waals surface area contributed by atoms with Crippen LogP contribution in [0.15, 0.2) is 28.8 Å². The minimum Gasteiger partial charge on any atom is -0.343 e. The second kappa shape index (κ2) is 5.71. The Hall–Kier alpha value is -1.78. The highest BCUT2D eigenvalue weighted by atomic mass is 15.4. The Kier molecular flexibility index (Phi) is 4.02. The first-order valence-corrected chi connectivity index (χ1v) is 6.46. The number of hydrogen-bond acceptors (Lipinski definition) is 5. The summed E-state index contributed by atoms with van der Waals surface area (Å²) in [5.41, 5.74) is 7.50. The average Bonchev–Trinajstić information content (AvgIpc) is 2.81. The largest absolute Gasteiger partial charge is 0.343 e. The summed E-state index contributed by atoms with van der Waals surface area (Å²) in [6.45, 7) is 3.86. The molecule has 0 aromatic carbocycles. The summed E-state index contributed by atoms with van der Waals surface area (Å²) in [6.07, 6.45) is 8.53. The highest BCUT2D eigenvalue weighted by Gasteiger charge is 2.18. The Bertz CT molecular complexity index is 413. The van der Waals surface area contributed by atoms with Crippen LogP contribution < -0.4 is 16.2 Å². The van der Waals surface area contributed by atoms with Gasteiger partial charge in [-0.05, 0) is 32.8 Å². The number of allylic oxidation sites excluding steroid dienone is 2. The normalized spacial score (nSPS) is 20.7. The molecule has 1 aliphatic carbocycles. The fourth-order valence-electron chi connectivity index (χ4n) is 2.34. The molecule has 1 fully saturated rings. The molecule has 0 radical (unpaired) electrons. The lowest BCUT2D eigenvalue weighted by molar-refractivity contribution is 0.725. The SMILES string of the molecule is CC1=NC(N/C(C)=C/C(=N)C2CCCC2)=CNN1. The first kappa shape index (κ1) is 12.7.